The second-order valence-electron chi connectivity index (χ2n) is 5.29. The van der Waals surface area contributed by atoms with Gasteiger partial charge in [0.05, 0.1) is 12.5 Å². The van der Waals surface area contributed by atoms with Crippen molar-refractivity contribution >= 4 is 11.8 Å². The first kappa shape index (κ1) is 17.7. The summed E-state index contributed by atoms with van der Waals surface area (Å²) in [4.78, 5) is 25.3. The molecule has 2 amide bonds. The number of hydrogen-bond acceptors (Lipinski definition) is 3. The number of hydrogen-bond donors (Lipinski definition) is 1. The van der Waals surface area contributed by atoms with E-state index in [1.807, 2.05) is 0 Å². The number of nitrogens with one attached hydrogen (secondary N) is 1. The molecule has 5 nitrogen and oxygen atoms in total. The Hall–Kier alpha value is -2.69. The van der Waals surface area contributed by atoms with Gasteiger partial charge in [0.25, 0.3) is 0 Å². The number of terminal acetylenes is 1. The van der Waals surface area contributed by atoms with Crippen LogP contribution in [0.4, 0.5) is 13.2 Å². The molecule has 2 rings (SSSR count). The summed E-state index contributed by atoms with van der Waals surface area (Å²) in [6.45, 7) is 0.560. The van der Waals surface area contributed by atoms with Gasteiger partial charge in [-0.2, -0.15) is 0 Å². The molecule has 1 aromatic carbocycles. The van der Waals surface area contributed by atoms with Crippen LogP contribution in [0.25, 0.3) is 0 Å². The fraction of sp³-hybridized carbons (Fsp3) is 0.375. The van der Waals surface area contributed by atoms with Crippen LogP contribution in [0.3, 0.4) is 0 Å². The smallest absolute Gasteiger partial charge is 0.406 e. The summed E-state index contributed by atoms with van der Waals surface area (Å²) in [5, 5.41) is 2.53. The van der Waals surface area contributed by atoms with Crippen LogP contribution in [0, 0.1) is 18.3 Å². The first-order valence-electron chi connectivity index (χ1n) is 7.12. The van der Waals surface area contributed by atoms with Crippen molar-refractivity contribution in [3.63, 3.8) is 0 Å². The number of likely N-dealkylation sites (tertiary alicyclic amines) is 1. The van der Waals surface area contributed by atoms with Crippen molar-refractivity contribution in [3.05, 3.63) is 29.8 Å². The highest BCUT2D eigenvalue weighted by Gasteiger charge is 2.34. The number of halogens is 3. The van der Waals surface area contributed by atoms with Crippen molar-refractivity contribution in [3.8, 4) is 18.1 Å². The van der Waals surface area contributed by atoms with Crippen LogP contribution in [0.2, 0.25) is 0 Å². The quantitative estimate of drug-likeness (QED) is 0.830. The molecule has 8 heteroatoms. The molecule has 24 heavy (non-hydrogen) atoms. The van der Waals surface area contributed by atoms with Crippen LogP contribution in [0.1, 0.15) is 12.0 Å². The molecule has 128 valence electrons. The third-order valence-electron chi connectivity index (χ3n) is 3.48. The minimum atomic E-state index is -4.74. The fourth-order valence-electron chi connectivity index (χ4n) is 2.40. The summed E-state index contributed by atoms with van der Waals surface area (Å²) < 4.78 is 40.1. The molecule has 0 aromatic heterocycles. The molecule has 1 N–H and O–H groups in total. The third kappa shape index (κ3) is 4.91. The van der Waals surface area contributed by atoms with E-state index in [0.717, 1.165) is 0 Å². The molecule has 1 atom stereocenters. The second kappa shape index (κ2) is 7.25. The highest BCUT2D eigenvalue weighted by molar-refractivity contribution is 5.89. The van der Waals surface area contributed by atoms with Gasteiger partial charge in [0.15, 0.2) is 0 Å². The Morgan fingerprint density at radius 1 is 1.38 bits per heavy atom. The Morgan fingerprint density at radius 2 is 2.04 bits per heavy atom. The number of carbonyl (C=O) groups is 2. The zero-order valence-corrected chi connectivity index (χ0v) is 12.6. The van der Waals surface area contributed by atoms with Gasteiger partial charge >= 0.3 is 6.36 Å². The fourth-order valence-corrected chi connectivity index (χ4v) is 2.40. The lowest BCUT2D eigenvalue weighted by molar-refractivity contribution is -0.274. The molecule has 0 saturated carbocycles. The second-order valence-corrected chi connectivity index (χ2v) is 5.29. The van der Waals surface area contributed by atoms with E-state index >= 15 is 0 Å². The number of nitrogens with zero attached hydrogens (tertiary/aromatic N) is 1. The van der Waals surface area contributed by atoms with Crippen LogP contribution in [0.15, 0.2) is 24.3 Å². The van der Waals surface area contributed by atoms with Crippen LogP contribution in [-0.4, -0.2) is 36.2 Å². The van der Waals surface area contributed by atoms with Gasteiger partial charge in [0.2, 0.25) is 11.8 Å². The Balaban J connectivity index is 1.93. The molecule has 1 unspecified atom stereocenters. The van der Waals surface area contributed by atoms with E-state index in [0.29, 0.717) is 5.56 Å². The number of carbonyl (C=O) groups excluding carboxylic acids is 2. The number of ether oxygens (including phenoxy) is 1. The highest BCUT2D eigenvalue weighted by Crippen LogP contribution is 2.24. The molecule has 0 bridgehead atoms. The molecule has 0 aliphatic carbocycles. The first-order chi connectivity index (χ1) is 11.3. The third-order valence-corrected chi connectivity index (χ3v) is 3.48. The average Bonchev–Trinajstić information content (AvgIpc) is 2.86. The van der Waals surface area contributed by atoms with E-state index in [9.17, 15) is 22.8 Å². The molecule has 0 spiro atoms. The molecule has 1 saturated heterocycles. The molecular weight excluding hydrogens is 325 g/mol. The molecule has 1 aliphatic rings. The molecule has 1 heterocycles. The standard InChI is InChI=1S/C16H15F3N2O3/c1-2-7-20-15(23)12-8-14(22)21(10-12)9-11-3-5-13(6-4-11)24-16(17,18)19/h1,3-6,12H,7-10H2,(H,20,23). The number of rotatable bonds is 5. The summed E-state index contributed by atoms with van der Waals surface area (Å²) in [6, 6.07) is 5.25. The monoisotopic (exact) mass is 340 g/mol. The Labute approximate surface area is 136 Å². The predicted octanol–water partition coefficient (Wildman–Crippen LogP) is 1.68. The molecule has 1 fully saturated rings. The van der Waals surface area contributed by atoms with Crippen molar-refractivity contribution in [2.45, 2.75) is 19.3 Å². The van der Waals surface area contributed by atoms with Crippen molar-refractivity contribution in [1.29, 1.82) is 0 Å². The average molecular weight is 340 g/mol. The zero-order chi connectivity index (χ0) is 17.7. The van der Waals surface area contributed by atoms with E-state index in [1.54, 1.807) is 0 Å². The van der Waals surface area contributed by atoms with Crippen molar-refractivity contribution in [2.24, 2.45) is 5.92 Å². The summed E-state index contributed by atoms with van der Waals surface area (Å²) >= 11 is 0. The van der Waals surface area contributed by atoms with Crippen LogP contribution >= 0.6 is 0 Å². The van der Waals surface area contributed by atoms with Crippen LogP contribution in [0.5, 0.6) is 5.75 Å². The molecule has 1 aliphatic heterocycles. The largest absolute Gasteiger partial charge is 0.573 e. The lowest BCUT2D eigenvalue weighted by Crippen LogP contribution is -2.33. The van der Waals surface area contributed by atoms with E-state index in [4.69, 9.17) is 6.42 Å². The minimum Gasteiger partial charge on any atom is -0.406 e. The van der Waals surface area contributed by atoms with Gasteiger partial charge in [-0.25, -0.2) is 0 Å². The van der Waals surface area contributed by atoms with Gasteiger partial charge in [0, 0.05) is 19.5 Å². The topological polar surface area (TPSA) is 58.6 Å². The van der Waals surface area contributed by atoms with E-state index in [1.165, 1.54) is 29.2 Å². The maximum atomic E-state index is 12.1. The van der Waals surface area contributed by atoms with Crippen LogP contribution in [-0.2, 0) is 16.1 Å². The maximum absolute atomic E-state index is 12.1. The Bertz CT molecular complexity index is 650. The number of amides is 2. The summed E-state index contributed by atoms with van der Waals surface area (Å²) in [7, 11) is 0. The number of alkyl halides is 3. The van der Waals surface area contributed by atoms with Gasteiger partial charge in [-0.05, 0) is 17.7 Å². The SMILES string of the molecule is C#CCNC(=O)C1CC(=O)N(Cc2ccc(OC(F)(F)F)cc2)C1. The maximum Gasteiger partial charge on any atom is 0.573 e. The van der Waals surface area contributed by atoms with Gasteiger partial charge in [-0.3, -0.25) is 9.59 Å². The van der Waals surface area contributed by atoms with Crippen molar-refractivity contribution in [2.75, 3.05) is 13.1 Å². The van der Waals surface area contributed by atoms with Crippen LogP contribution < -0.4 is 10.1 Å². The van der Waals surface area contributed by atoms with E-state index < -0.39 is 12.3 Å². The first-order valence-corrected chi connectivity index (χ1v) is 7.12. The van der Waals surface area contributed by atoms with Gasteiger partial charge < -0.3 is 15.0 Å². The highest BCUT2D eigenvalue weighted by atomic mass is 19.4. The zero-order valence-electron chi connectivity index (χ0n) is 12.6. The van der Waals surface area contributed by atoms with Crippen molar-refractivity contribution in [1.82, 2.24) is 10.2 Å². The molecule has 1 aromatic rings. The van der Waals surface area contributed by atoms with E-state index in [-0.39, 0.29) is 43.6 Å². The Kier molecular flexibility index (Phi) is 5.34. The lowest BCUT2D eigenvalue weighted by atomic mass is 10.1. The van der Waals surface area contributed by atoms with Gasteiger partial charge in [-0.1, -0.05) is 18.1 Å². The predicted molar refractivity (Wildman–Crippen MR) is 78.5 cm³/mol. The molecular formula is C16H15F3N2O3. The lowest BCUT2D eigenvalue weighted by Gasteiger charge is -2.17. The summed E-state index contributed by atoms with van der Waals surface area (Å²) in [5.41, 5.74) is 0.641. The number of benzene rings is 1. The van der Waals surface area contributed by atoms with Gasteiger partial charge in [0.1, 0.15) is 5.75 Å². The van der Waals surface area contributed by atoms with Gasteiger partial charge in [-0.15, -0.1) is 19.6 Å². The van der Waals surface area contributed by atoms with Crippen molar-refractivity contribution < 1.29 is 27.5 Å². The normalized spacial score (nSPS) is 17.5. The minimum absolute atomic E-state index is 0.0890. The van der Waals surface area contributed by atoms with E-state index in [2.05, 4.69) is 16.0 Å². The summed E-state index contributed by atoms with van der Waals surface area (Å²) in [6.07, 6.45) is 0.404. The molecule has 0 radical (unpaired) electrons. The Morgan fingerprint density at radius 3 is 2.62 bits per heavy atom. The summed E-state index contributed by atoms with van der Waals surface area (Å²) in [5.74, 6) is 1.01.